The number of ketones is 1. The van der Waals surface area contributed by atoms with Crippen LogP contribution in [0.25, 0.3) is 0 Å². The molecule has 0 aromatic carbocycles. The molecular weight excluding hydrogens is 154 g/mol. The number of nitrogens with zero attached hydrogens (tertiary/aromatic N) is 1. The Morgan fingerprint density at radius 3 is 3.00 bits per heavy atom. The fraction of sp³-hybridized carbons (Fsp3) is 0.444. The van der Waals surface area contributed by atoms with E-state index in [2.05, 4.69) is 0 Å². The minimum absolute atomic E-state index is 0.0675. The summed E-state index contributed by atoms with van der Waals surface area (Å²) in [5.41, 5.74) is 0.712. The molecule has 3 nitrogen and oxygen atoms in total. The lowest BCUT2D eigenvalue weighted by molar-refractivity contribution is 0.100. The number of carbonyl (C=O) groups excluding carboxylic acids is 1. The zero-order chi connectivity index (χ0) is 8.97. The van der Waals surface area contributed by atoms with E-state index in [1.54, 1.807) is 13.0 Å². The summed E-state index contributed by atoms with van der Waals surface area (Å²) in [7, 11) is 0. The summed E-state index contributed by atoms with van der Waals surface area (Å²) < 4.78 is 1.86. The van der Waals surface area contributed by atoms with Crippen molar-refractivity contribution in [1.82, 2.24) is 4.57 Å². The number of hydrogen-bond donors (Lipinski definition) is 1. The van der Waals surface area contributed by atoms with E-state index in [9.17, 15) is 4.79 Å². The molecule has 0 aliphatic heterocycles. The highest BCUT2D eigenvalue weighted by Crippen LogP contribution is 2.03. The summed E-state index contributed by atoms with van der Waals surface area (Å²) in [5.74, 6) is 0.0675. The number of aliphatic hydroxyl groups is 1. The van der Waals surface area contributed by atoms with Gasteiger partial charge in [0.15, 0.2) is 5.78 Å². The molecule has 0 aliphatic carbocycles. The monoisotopic (exact) mass is 167 g/mol. The van der Waals surface area contributed by atoms with E-state index in [-0.39, 0.29) is 12.4 Å². The minimum Gasteiger partial charge on any atom is -0.396 e. The Kier molecular flexibility index (Phi) is 3.05. The maximum atomic E-state index is 11.0. The van der Waals surface area contributed by atoms with Gasteiger partial charge in [-0.2, -0.15) is 0 Å². The zero-order valence-corrected chi connectivity index (χ0v) is 7.16. The molecule has 0 unspecified atom stereocenters. The lowest BCUT2D eigenvalue weighted by Crippen LogP contribution is -2.06. The molecule has 1 rings (SSSR count). The van der Waals surface area contributed by atoms with Crippen LogP contribution >= 0.6 is 0 Å². The van der Waals surface area contributed by atoms with Crippen molar-refractivity contribution < 1.29 is 9.90 Å². The molecule has 66 valence electrons. The summed E-state index contributed by atoms with van der Waals surface area (Å²) in [6, 6.07) is 3.63. The van der Waals surface area contributed by atoms with Crippen molar-refractivity contribution in [3.8, 4) is 0 Å². The number of hydrogen-bond acceptors (Lipinski definition) is 2. The van der Waals surface area contributed by atoms with Crippen LogP contribution in [0.4, 0.5) is 0 Å². The van der Waals surface area contributed by atoms with Crippen LogP contribution < -0.4 is 0 Å². The fourth-order valence-electron chi connectivity index (χ4n) is 1.17. The van der Waals surface area contributed by atoms with E-state index in [0.29, 0.717) is 18.7 Å². The van der Waals surface area contributed by atoms with Crippen molar-refractivity contribution >= 4 is 5.78 Å². The lowest BCUT2D eigenvalue weighted by Gasteiger charge is -2.04. The van der Waals surface area contributed by atoms with E-state index in [1.807, 2.05) is 16.8 Å². The number of aliphatic hydroxyl groups excluding tert-OH is 1. The molecule has 0 aliphatic rings. The van der Waals surface area contributed by atoms with Crippen LogP contribution in [0.1, 0.15) is 23.8 Å². The predicted molar refractivity (Wildman–Crippen MR) is 46.1 cm³/mol. The van der Waals surface area contributed by atoms with Crippen LogP contribution in [-0.2, 0) is 6.54 Å². The summed E-state index contributed by atoms with van der Waals surface area (Å²) in [5, 5.41) is 8.60. The van der Waals surface area contributed by atoms with Crippen molar-refractivity contribution in [1.29, 1.82) is 0 Å². The molecule has 0 fully saturated rings. The van der Waals surface area contributed by atoms with Crippen LogP contribution in [0.5, 0.6) is 0 Å². The maximum absolute atomic E-state index is 11.0. The standard InChI is InChI=1S/C9H13NO2/c1-8(12)9-4-2-5-10(9)6-3-7-11/h2,4-5,11H,3,6-7H2,1H3. The molecule has 0 saturated heterocycles. The van der Waals surface area contributed by atoms with Crippen LogP contribution in [-0.4, -0.2) is 22.1 Å². The number of aromatic nitrogens is 1. The molecule has 0 spiro atoms. The molecule has 0 amide bonds. The van der Waals surface area contributed by atoms with Gasteiger partial charge in [-0.1, -0.05) is 0 Å². The lowest BCUT2D eigenvalue weighted by atomic mass is 10.3. The number of rotatable bonds is 4. The first kappa shape index (κ1) is 9.00. The van der Waals surface area contributed by atoms with Gasteiger partial charge in [0.2, 0.25) is 0 Å². The number of aryl methyl sites for hydroxylation is 1. The van der Waals surface area contributed by atoms with Gasteiger partial charge in [0.25, 0.3) is 0 Å². The third-order valence-corrected chi connectivity index (χ3v) is 1.75. The molecule has 3 heteroatoms. The number of carbonyl (C=O) groups is 1. The quantitative estimate of drug-likeness (QED) is 0.681. The van der Waals surface area contributed by atoms with Crippen molar-refractivity contribution in [3.05, 3.63) is 24.0 Å². The SMILES string of the molecule is CC(=O)c1cccn1CCCO. The first-order chi connectivity index (χ1) is 5.75. The summed E-state index contributed by atoms with van der Waals surface area (Å²) in [4.78, 5) is 11.0. The Balaban J connectivity index is 2.70. The van der Waals surface area contributed by atoms with E-state index < -0.39 is 0 Å². The van der Waals surface area contributed by atoms with Crippen LogP contribution in [0.15, 0.2) is 18.3 Å². The molecule has 0 radical (unpaired) electrons. The zero-order valence-electron chi connectivity index (χ0n) is 7.16. The summed E-state index contributed by atoms with van der Waals surface area (Å²) >= 11 is 0. The molecule has 0 atom stereocenters. The summed E-state index contributed by atoms with van der Waals surface area (Å²) in [6.45, 7) is 2.42. The minimum atomic E-state index is 0.0675. The highest BCUT2D eigenvalue weighted by atomic mass is 16.3. The molecule has 1 aromatic heterocycles. The van der Waals surface area contributed by atoms with Gasteiger partial charge in [0, 0.05) is 26.3 Å². The van der Waals surface area contributed by atoms with Crippen LogP contribution in [0.3, 0.4) is 0 Å². The third-order valence-electron chi connectivity index (χ3n) is 1.75. The molecule has 12 heavy (non-hydrogen) atoms. The van der Waals surface area contributed by atoms with Crippen molar-refractivity contribution in [3.63, 3.8) is 0 Å². The van der Waals surface area contributed by atoms with E-state index in [0.717, 1.165) is 0 Å². The molecule has 1 aromatic rings. The van der Waals surface area contributed by atoms with Crippen molar-refractivity contribution in [2.45, 2.75) is 19.9 Å². The Bertz CT molecular complexity index is 265. The second kappa shape index (κ2) is 4.07. The van der Waals surface area contributed by atoms with Gasteiger partial charge < -0.3 is 9.67 Å². The Labute approximate surface area is 71.6 Å². The highest BCUT2D eigenvalue weighted by molar-refractivity contribution is 5.92. The molecule has 1 N–H and O–H groups in total. The average molecular weight is 167 g/mol. The Hall–Kier alpha value is -1.09. The topological polar surface area (TPSA) is 42.2 Å². The predicted octanol–water partition coefficient (Wildman–Crippen LogP) is 1.07. The van der Waals surface area contributed by atoms with E-state index in [1.165, 1.54) is 0 Å². The molecular formula is C9H13NO2. The first-order valence-corrected chi connectivity index (χ1v) is 4.02. The van der Waals surface area contributed by atoms with Crippen LogP contribution in [0, 0.1) is 0 Å². The van der Waals surface area contributed by atoms with Gasteiger partial charge in [-0.05, 0) is 18.6 Å². The molecule has 0 saturated carbocycles. The first-order valence-electron chi connectivity index (χ1n) is 4.02. The smallest absolute Gasteiger partial charge is 0.176 e. The second-order valence-electron chi connectivity index (χ2n) is 2.72. The maximum Gasteiger partial charge on any atom is 0.176 e. The van der Waals surface area contributed by atoms with Crippen molar-refractivity contribution in [2.75, 3.05) is 6.61 Å². The van der Waals surface area contributed by atoms with Gasteiger partial charge in [-0.25, -0.2) is 0 Å². The summed E-state index contributed by atoms with van der Waals surface area (Å²) in [6.07, 6.45) is 2.54. The number of Topliss-reactive ketones (excluding diaryl/α,β-unsaturated/α-hetero) is 1. The van der Waals surface area contributed by atoms with Gasteiger partial charge >= 0.3 is 0 Å². The fourth-order valence-corrected chi connectivity index (χ4v) is 1.17. The van der Waals surface area contributed by atoms with Crippen molar-refractivity contribution in [2.24, 2.45) is 0 Å². The average Bonchev–Trinajstić information content (AvgIpc) is 2.48. The van der Waals surface area contributed by atoms with E-state index >= 15 is 0 Å². The Morgan fingerprint density at radius 1 is 1.67 bits per heavy atom. The largest absolute Gasteiger partial charge is 0.396 e. The van der Waals surface area contributed by atoms with Gasteiger partial charge in [0.05, 0.1) is 5.69 Å². The Morgan fingerprint density at radius 2 is 2.42 bits per heavy atom. The third kappa shape index (κ3) is 1.95. The molecule has 0 bridgehead atoms. The highest BCUT2D eigenvalue weighted by Gasteiger charge is 2.03. The van der Waals surface area contributed by atoms with Gasteiger partial charge in [-0.3, -0.25) is 4.79 Å². The normalized spacial score (nSPS) is 10.2. The molecule has 1 heterocycles. The van der Waals surface area contributed by atoms with Gasteiger partial charge in [-0.15, -0.1) is 0 Å². The van der Waals surface area contributed by atoms with Crippen LogP contribution in [0.2, 0.25) is 0 Å². The second-order valence-corrected chi connectivity index (χ2v) is 2.72. The van der Waals surface area contributed by atoms with E-state index in [4.69, 9.17) is 5.11 Å². The van der Waals surface area contributed by atoms with Gasteiger partial charge in [0.1, 0.15) is 0 Å².